The first-order valence-electron chi connectivity index (χ1n) is 5.83. The SMILES string of the molecule is [3H][C@H](c1cccc(Cl)c1)[C@H](C)NC(C)(C)C. The molecule has 2 atom stereocenters. The lowest BCUT2D eigenvalue weighted by Gasteiger charge is -2.26. The molecule has 0 aromatic heterocycles. The van der Waals surface area contributed by atoms with Gasteiger partial charge in [0, 0.05) is 18.0 Å². The van der Waals surface area contributed by atoms with E-state index >= 15 is 0 Å². The minimum atomic E-state index is -0.294. The molecule has 0 spiro atoms. The van der Waals surface area contributed by atoms with Crippen LogP contribution in [0.25, 0.3) is 0 Å². The Morgan fingerprint density at radius 2 is 2.13 bits per heavy atom. The summed E-state index contributed by atoms with van der Waals surface area (Å²) < 4.78 is 8.17. The van der Waals surface area contributed by atoms with Crippen LogP contribution in [0.5, 0.6) is 0 Å². The smallest absolute Gasteiger partial charge is 0.0408 e. The van der Waals surface area contributed by atoms with Gasteiger partial charge in [0.1, 0.15) is 0 Å². The molecule has 1 aromatic carbocycles. The summed E-state index contributed by atoms with van der Waals surface area (Å²) in [7, 11) is 0. The number of hydrogen-bond acceptors (Lipinski definition) is 1. The van der Waals surface area contributed by atoms with Gasteiger partial charge in [0.2, 0.25) is 0 Å². The van der Waals surface area contributed by atoms with Crippen molar-refractivity contribution in [3.63, 3.8) is 0 Å². The highest BCUT2D eigenvalue weighted by atomic mass is 35.5. The number of rotatable bonds is 3. The van der Waals surface area contributed by atoms with Crippen molar-refractivity contribution in [3.05, 3.63) is 34.9 Å². The fourth-order valence-electron chi connectivity index (χ4n) is 1.62. The molecule has 0 aliphatic rings. The van der Waals surface area contributed by atoms with Gasteiger partial charge >= 0.3 is 0 Å². The number of hydrogen-bond donors (Lipinski definition) is 1. The maximum atomic E-state index is 8.17. The van der Waals surface area contributed by atoms with Crippen LogP contribution in [0.1, 0.15) is 34.6 Å². The van der Waals surface area contributed by atoms with E-state index in [1.807, 2.05) is 31.2 Å². The summed E-state index contributed by atoms with van der Waals surface area (Å²) in [5, 5.41) is 4.10. The summed E-state index contributed by atoms with van der Waals surface area (Å²) in [6.07, 6.45) is -0.294. The third-order valence-electron chi connectivity index (χ3n) is 1.95. The summed E-state index contributed by atoms with van der Waals surface area (Å²) in [6, 6.07) is 7.63. The molecule has 0 aliphatic carbocycles. The molecule has 1 aromatic rings. The highest BCUT2D eigenvalue weighted by Gasteiger charge is 2.13. The topological polar surface area (TPSA) is 12.0 Å². The fourth-order valence-corrected chi connectivity index (χ4v) is 1.82. The molecule has 0 saturated heterocycles. The Labute approximate surface area is 99.2 Å². The Bertz CT molecular complexity index is 346. The molecular weight excluding hydrogens is 206 g/mol. The van der Waals surface area contributed by atoms with Gasteiger partial charge in [-0.25, -0.2) is 0 Å². The van der Waals surface area contributed by atoms with Crippen molar-refractivity contribution in [3.8, 4) is 0 Å². The minimum absolute atomic E-state index is 0.0251. The van der Waals surface area contributed by atoms with E-state index in [2.05, 4.69) is 26.1 Å². The third kappa shape index (κ3) is 5.19. The van der Waals surface area contributed by atoms with Crippen LogP contribution < -0.4 is 5.32 Å². The van der Waals surface area contributed by atoms with Crippen LogP contribution in [-0.2, 0) is 6.40 Å². The van der Waals surface area contributed by atoms with Crippen LogP contribution in [0.15, 0.2) is 24.3 Å². The van der Waals surface area contributed by atoms with E-state index < -0.39 is 0 Å². The zero-order valence-corrected chi connectivity index (χ0v) is 10.6. The molecule has 2 heteroatoms. The van der Waals surface area contributed by atoms with Crippen molar-refractivity contribution in [1.82, 2.24) is 5.32 Å². The van der Waals surface area contributed by atoms with Crippen molar-refractivity contribution in [2.45, 2.75) is 45.7 Å². The van der Waals surface area contributed by atoms with Gasteiger partial charge in [-0.05, 0) is 51.8 Å². The van der Waals surface area contributed by atoms with E-state index in [-0.39, 0.29) is 18.0 Å². The molecule has 0 radical (unpaired) electrons. The predicted octanol–water partition coefficient (Wildman–Crippen LogP) is 3.66. The van der Waals surface area contributed by atoms with Gasteiger partial charge in [0.15, 0.2) is 0 Å². The molecule has 0 aliphatic heterocycles. The Kier molecular flexibility index (Phi) is 3.66. The molecule has 1 nitrogen and oxygen atoms in total. The second-order valence-electron chi connectivity index (χ2n) is 4.90. The molecule has 0 heterocycles. The van der Waals surface area contributed by atoms with Gasteiger partial charge < -0.3 is 5.32 Å². The minimum Gasteiger partial charge on any atom is -0.309 e. The summed E-state index contributed by atoms with van der Waals surface area (Å²) in [6.45, 7) is 8.35. The van der Waals surface area contributed by atoms with Crippen molar-refractivity contribution >= 4 is 11.6 Å². The van der Waals surface area contributed by atoms with Crippen LogP contribution in [0.2, 0.25) is 5.02 Å². The highest BCUT2D eigenvalue weighted by molar-refractivity contribution is 6.30. The standard InChI is InChI=1S/C13H20ClN/c1-10(15-13(2,3)4)8-11-6-5-7-12(14)9-11/h5-7,9-10,15H,8H2,1-4H3/t10-/m0/s1/i8T/t8-,10-. The van der Waals surface area contributed by atoms with E-state index in [9.17, 15) is 0 Å². The van der Waals surface area contributed by atoms with Crippen LogP contribution in [0, 0.1) is 0 Å². The second kappa shape index (κ2) is 5.00. The first-order valence-corrected chi connectivity index (χ1v) is 5.63. The maximum Gasteiger partial charge on any atom is 0.0408 e. The Balaban J connectivity index is 2.74. The normalized spacial score (nSPS) is 17.0. The molecule has 15 heavy (non-hydrogen) atoms. The van der Waals surface area contributed by atoms with Crippen LogP contribution in [0.3, 0.4) is 0 Å². The Hall–Kier alpha value is -0.530. The van der Waals surface area contributed by atoms with Gasteiger partial charge in [0.05, 0.1) is 0 Å². The molecule has 0 bridgehead atoms. The zero-order chi connectivity index (χ0) is 12.3. The lowest BCUT2D eigenvalue weighted by Crippen LogP contribution is -2.43. The van der Waals surface area contributed by atoms with Gasteiger partial charge in [-0.3, -0.25) is 0 Å². The van der Waals surface area contributed by atoms with Crippen molar-refractivity contribution in [2.24, 2.45) is 0 Å². The molecule has 0 saturated carbocycles. The molecule has 1 rings (SSSR count). The molecule has 0 amide bonds. The third-order valence-corrected chi connectivity index (χ3v) is 2.19. The predicted molar refractivity (Wildman–Crippen MR) is 67.5 cm³/mol. The highest BCUT2D eigenvalue weighted by Crippen LogP contribution is 2.13. The second-order valence-corrected chi connectivity index (χ2v) is 5.34. The maximum absolute atomic E-state index is 8.17. The van der Waals surface area contributed by atoms with E-state index in [0.717, 1.165) is 5.56 Å². The van der Waals surface area contributed by atoms with Crippen LogP contribution in [0.4, 0.5) is 0 Å². The summed E-state index contributed by atoms with van der Waals surface area (Å²) in [5.41, 5.74) is 0.980. The van der Waals surface area contributed by atoms with Gasteiger partial charge in [-0.1, -0.05) is 23.7 Å². The summed E-state index contributed by atoms with van der Waals surface area (Å²) in [4.78, 5) is 0. The van der Waals surface area contributed by atoms with E-state index in [4.69, 9.17) is 13.0 Å². The van der Waals surface area contributed by atoms with Crippen LogP contribution >= 0.6 is 11.6 Å². The summed E-state index contributed by atoms with van der Waals surface area (Å²) >= 11 is 5.92. The monoisotopic (exact) mass is 227 g/mol. The number of benzene rings is 1. The average Bonchev–Trinajstić information content (AvgIpc) is 2.14. The number of halogens is 1. The molecule has 0 fully saturated rings. The lowest BCUT2D eigenvalue weighted by atomic mass is 10.0. The Morgan fingerprint density at radius 3 is 2.67 bits per heavy atom. The van der Waals surface area contributed by atoms with Crippen molar-refractivity contribution in [1.29, 1.82) is 0 Å². The van der Waals surface area contributed by atoms with Crippen LogP contribution in [-0.4, -0.2) is 11.6 Å². The zero-order valence-electron chi connectivity index (χ0n) is 10.8. The lowest BCUT2D eigenvalue weighted by molar-refractivity contribution is 0.371. The quantitative estimate of drug-likeness (QED) is 0.831. The first kappa shape index (κ1) is 11.0. The largest absolute Gasteiger partial charge is 0.309 e. The van der Waals surface area contributed by atoms with E-state index in [0.29, 0.717) is 5.02 Å². The molecular formula is C13H20ClN. The van der Waals surface area contributed by atoms with Gasteiger partial charge in [0.25, 0.3) is 0 Å². The Morgan fingerprint density at radius 1 is 1.47 bits per heavy atom. The summed E-state index contributed by atoms with van der Waals surface area (Å²) in [5.74, 6) is 0. The average molecular weight is 228 g/mol. The molecule has 84 valence electrons. The van der Waals surface area contributed by atoms with Gasteiger partial charge in [-0.15, -0.1) is 0 Å². The van der Waals surface area contributed by atoms with E-state index in [1.165, 1.54) is 0 Å². The van der Waals surface area contributed by atoms with Gasteiger partial charge in [-0.2, -0.15) is 0 Å². The fraction of sp³-hybridized carbons (Fsp3) is 0.538. The first-order chi connectivity index (χ1) is 7.29. The molecule has 1 N–H and O–H groups in total. The van der Waals surface area contributed by atoms with Crippen molar-refractivity contribution in [2.75, 3.05) is 0 Å². The number of nitrogens with one attached hydrogen (secondary N) is 1. The van der Waals surface area contributed by atoms with Crippen molar-refractivity contribution < 1.29 is 1.37 Å². The van der Waals surface area contributed by atoms with E-state index in [1.54, 1.807) is 0 Å². The molecule has 0 unspecified atom stereocenters.